The molecule has 1 saturated heterocycles. The first-order valence-corrected chi connectivity index (χ1v) is 21.4. The predicted octanol–water partition coefficient (Wildman–Crippen LogP) is 8.91. The van der Waals surface area contributed by atoms with E-state index in [-0.39, 0.29) is 24.2 Å². The molecule has 1 aromatic heterocycles. The highest BCUT2D eigenvalue weighted by atomic mass is 79.9. The van der Waals surface area contributed by atoms with E-state index in [2.05, 4.69) is 39.1 Å². The Hall–Kier alpha value is -3.97. The Kier molecular flexibility index (Phi) is 11.9. The topological polar surface area (TPSA) is 132 Å². The molecule has 0 spiro atoms. The molecule has 13 heteroatoms. The highest BCUT2D eigenvalue weighted by Gasteiger charge is 2.29. The van der Waals surface area contributed by atoms with Crippen molar-refractivity contribution >= 4 is 54.9 Å². The minimum absolute atomic E-state index is 0.0273. The maximum atomic E-state index is 12.2. The maximum Gasteiger partial charge on any atom is 0.320 e. The highest BCUT2D eigenvalue weighted by molar-refractivity contribution is 9.10. The van der Waals surface area contributed by atoms with Gasteiger partial charge >= 0.3 is 5.97 Å². The number of ether oxygens (including phenoxy) is 2. The molecule has 0 radical (unpaired) electrons. The molecule has 55 heavy (non-hydrogen) atoms. The molecule has 286 valence electrons. The van der Waals surface area contributed by atoms with Crippen molar-refractivity contribution in [3.63, 3.8) is 0 Å². The molecule has 2 aliphatic rings. The summed E-state index contributed by atoms with van der Waals surface area (Å²) in [7, 11) is -3.47. The smallest absolute Gasteiger partial charge is 0.320 e. The Balaban J connectivity index is 1.15. The van der Waals surface area contributed by atoms with Crippen LogP contribution in [0.2, 0.25) is 10.0 Å². The summed E-state index contributed by atoms with van der Waals surface area (Å²) in [5.41, 5.74) is 14.3. The van der Waals surface area contributed by atoms with Crippen LogP contribution in [0.4, 0.5) is 0 Å². The van der Waals surface area contributed by atoms with Gasteiger partial charge in [-0.3, -0.25) is 14.7 Å². The van der Waals surface area contributed by atoms with E-state index >= 15 is 0 Å². The van der Waals surface area contributed by atoms with Crippen LogP contribution in [0.25, 0.3) is 22.3 Å². The second-order valence-electron chi connectivity index (χ2n) is 14.2. The van der Waals surface area contributed by atoms with Crippen molar-refractivity contribution in [2.75, 3.05) is 12.8 Å². The third-order valence-corrected chi connectivity index (χ3v) is 12.8. The second-order valence-corrected chi connectivity index (χ2v) is 17.8. The van der Waals surface area contributed by atoms with Crippen LogP contribution in [0.3, 0.4) is 0 Å². The summed E-state index contributed by atoms with van der Waals surface area (Å²) in [4.78, 5) is 18.2. The van der Waals surface area contributed by atoms with E-state index in [4.69, 9.17) is 38.4 Å². The normalized spacial score (nSPS) is 17.2. The number of pyridine rings is 1. The Morgan fingerprint density at radius 3 is 2.40 bits per heavy atom. The fourth-order valence-electron chi connectivity index (χ4n) is 7.37. The Morgan fingerprint density at radius 1 is 0.891 bits per heavy atom. The third-order valence-electron chi connectivity index (χ3n) is 10.2. The number of aromatic nitrogens is 1. The number of nitrogens with zero attached hydrogens (tertiary/aromatic N) is 2. The first-order valence-electron chi connectivity index (χ1n) is 18.0. The number of benzene rings is 4. The minimum Gasteiger partial charge on any atom is -0.488 e. The monoisotopic (exact) mass is 863 g/mol. The van der Waals surface area contributed by atoms with E-state index in [1.165, 1.54) is 23.4 Å². The lowest BCUT2D eigenvalue weighted by Crippen LogP contribution is -2.44. The van der Waals surface area contributed by atoms with Crippen molar-refractivity contribution < 1.29 is 27.8 Å². The van der Waals surface area contributed by atoms with Crippen LogP contribution < -0.4 is 15.2 Å². The fourth-order valence-corrected chi connectivity index (χ4v) is 9.11. The van der Waals surface area contributed by atoms with Gasteiger partial charge in [0.1, 0.15) is 30.8 Å². The molecule has 0 bridgehead atoms. The van der Waals surface area contributed by atoms with E-state index < -0.39 is 21.8 Å². The Morgan fingerprint density at radius 2 is 1.62 bits per heavy atom. The van der Waals surface area contributed by atoms with Crippen LogP contribution in [0.1, 0.15) is 47.1 Å². The molecule has 7 rings (SSSR count). The van der Waals surface area contributed by atoms with Crippen molar-refractivity contribution in [3.05, 3.63) is 128 Å². The zero-order valence-corrected chi connectivity index (χ0v) is 34.0. The molecule has 0 saturated carbocycles. The molecule has 4 aromatic carbocycles. The molecule has 3 N–H and O–H groups in total. The molecule has 2 heterocycles. The zero-order chi connectivity index (χ0) is 38.9. The van der Waals surface area contributed by atoms with Crippen LogP contribution >= 0.6 is 39.1 Å². The Bertz CT molecular complexity index is 2380. The van der Waals surface area contributed by atoms with Crippen LogP contribution in [0, 0.1) is 0 Å². The van der Waals surface area contributed by atoms with Gasteiger partial charge in [0.2, 0.25) is 0 Å². The van der Waals surface area contributed by atoms with E-state index in [0.717, 1.165) is 65.3 Å². The van der Waals surface area contributed by atoms with Gasteiger partial charge in [-0.2, -0.15) is 0 Å². The number of fused-ring (bicyclic) bond motifs is 1. The average Bonchev–Trinajstić information content (AvgIpc) is 3.54. The molecule has 1 aliphatic carbocycles. The van der Waals surface area contributed by atoms with Crippen molar-refractivity contribution in [2.45, 2.75) is 68.8 Å². The van der Waals surface area contributed by atoms with Gasteiger partial charge in [0.15, 0.2) is 9.84 Å². The molecule has 1 aliphatic heterocycles. The summed E-state index contributed by atoms with van der Waals surface area (Å²) in [5, 5.41) is 11.0. The molecular formula is C42H40BrCl2N3O6S. The number of hydrogen-bond acceptors (Lipinski definition) is 8. The maximum absolute atomic E-state index is 12.2. The van der Waals surface area contributed by atoms with Gasteiger partial charge in [0.25, 0.3) is 0 Å². The van der Waals surface area contributed by atoms with E-state index in [1.54, 1.807) is 12.3 Å². The summed E-state index contributed by atoms with van der Waals surface area (Å²) in [5.74, 6) is 0.0908. The summed E-state index contributed by atoms with van der Waals surface area (Å²) >= 11 is 17.9. The average molecular weight is 866 g/mol. The van der Waals surface area contributed by atoms with Crippen molar-refractivity contribution in [2.24, 2.45) is 5.73 Å². The van der Waals surface area contributed by atoms with Gasteiger partial charge in [0, 0.05) is 70.7 Å². The number of aliphatic carboxylic acids is 1. The number of piperidine rings is 1. The van der Waals surface area contributed by atoms with E-state index in [1.807, 2.05) is 47.4 Å². The zero-order valence-electron chi connectivity index (χ0n) is 30.1. The van der Waals surface area contributed by atoms with Crippen LogP contribution in [0.15, 0.2) is 94.6 Å². The molecule has 1 fully saturated rings. The van der Waals surface area contributed by atoms with E-state index in [9.17, 15) is 18.3 Å². The van der Waals surface area contributed by atoms with E-state index in [0.29, 0.717) is 51.1 Å². The molecular weight excluding hydrogens is 825 g/mol. The molecule has 0 unspecified atom stereocenters. The number of hydrogen-bond donors (Lipinski definition) is 2. The quantitative estimate of drug-likeness (QED) is 0.126. The first kappa shape index (κ1) is 39.3. The highest BCUT2D eigenvalue weighted by Crippen LogP contribution is 2.42. The first-order chi connectivity index (χ1) is 26.4. The standard InChI is InChI=1S/C42H40BrCl2N3O6S/c1-55(51,52)32-14-25(20-47-21-32)23-53-38-19-39(36(43)18-30(38)22-48-13-3-2-10-37(48)42(49)50)54-24-28-6-4-8-34(40(28)44)35-9-5-7-33(41(35)45)27-12-11-26-16-31(46)17-29(26)15-27/h4-9,11-12,14-15,18-21,31,37H,2-3,10,13,16-17,22-24,46H2,1H3,(H,49,50)/t31-,37-/m0/s1. The molecule has 0 amide bonds. The van der Waals surface area contributed by atoms with Crippen molar-refractivity contribution in [3.8, 4) is 33.8 Å². The summed E-state index contributed by atoms with van der Waals surface area (Å²) in [6.45, 7) is 1.12. The third kappa shape index (κ3) is 8.88. The number of rotatable bonds is 12. The summed E-state index contributed by atoms with van der Waals surface area (Å²) in [6.07, 6.45) is 8.02. The van der Waals surface area contributed by atoms with Gasteiger partial charge < -0.3 is 20.3 Å². The molecule has 2 atom stereocenters. The summed E-state index contributed by atoms with van der Waals surface area (Å²) < 4.78 is 37.7. The van der Waals surface area contributed by atoms with Gasteiger partial charge in [-0.25, -0.2) is 8.42 Å². The SMILES string of the molecule is CS(=O)(=O)c1cncc(COc2cc(OCc3cccc(-c4cccc(-c5ccc6c(c5)C[C@@H](N)C6)c4Cl)c3Cl)c(Br)cc2CN2CCCC[C@H]2C(=O)O)c1. The van der Waals surface area contributed by atoms with Crippen LogP contribution in [0.5, 0.6) is 11.5 Å². The number of likely N-dealkylation sites (tertiary alicyclic amines) is 1. The lowest BCUT2D eigenvalue weighted by molar-refractivity contribution is -0.144. The largest absolute Gasteiger partial charge is 0.488 e. The van der Waals surface area contributed by atoms with Crippen LogP contribution in [-0.2, 0) is 47.2 Å². The minimum atomic E-state index is -3.47. The van der Waals surface area contributed by atoms with Crippen molar-refractivity contribution in [1.82, 2.24) is 9.88 Å². The van der Waals surface area contributed by atoms with Gasteiger partial charge in [-0.15, -0.1) is 0 Å². The number of carbonyl (C=O) groups is 1. The summed E-state index contributed by atoms with van der Waals surface area (Å²) in [6, 6.07) is 22.8. The van der Waals surface area contributed by atoms with Gasteiger partial charge in [-0.05, 0) is 77.0 Å². The van der Waals surface area contributed by atoms with Crippen molar-refractivity contribution in [1.29, 1.82) is 0 Å². The number of nitrogens with two attached hydrogens (primary N) is 1. The van der Waals surface area contributed by atoms with Crippen LogP contribution in [-0.4, -0.2) is 54.3 Å². The van der Waals surface area contributed by atoms with Gasteiger partial charge in [0.05, 0.1) is 19.4 Å². The molecule has 9 nitrogen and oxygen atoms in total. The number of halogens is 3. The number of sulfone groups is 1. The Labute approximate surface area is 339 Å². The fraction of sp³-hybridized carbons (Fsp3) is 0.286. The molecule has 5 aromatic rings. The van der Waals surface area contributed by atoms with Gasteiger partial charge in [-0.1, -0.05) is 84.2 Å². The lowest BCUT2D eigenvalue weighted by atomic mass is 9.96. The number of carboxylic acids is 1. The second kappa shape index (κ2) is 16.6. The number of carboxylic acid groups (broad SMARTS) is 1. The predicted molar refractivity (Wildman–Crippen MR) is 219 cm³/mol. The lowest BCUT2D eigenvalue weighted by Gasteiger charge is -2.33.